The second-order valence-corrected chi connectivity index (χ2v) is 4.15. The zero-order valence-electron chi connectivity index (χ0n) is 10.1. The van der Waals surface area contributed by atoms with E-state index in [0.29, 0.717) is 32.6 Å². The summed E-state index contributed by atoms with van der Waals surface area (Å²) in [5.74, 6) is 0.295. The Morgan fingerprint density at radius 1 is 1.50 bits per heavy atom. The molecule has 0 radical (unpaired) electrons. The molecular formula is C11H21N3O2. The predicted octanol–water partition coefficient (Wildman–Crippen LogP) is -0.338. The Morgan fingerprint density at radius 3 is 2.56 bits per heavy atom. The first-order valence-corrected chi connectivity index (χ1v) is 5.87. The molecule has 1 rings (SSSR count). The van der Waals surface area contributed by atoms with E-state index in [1.54, 1.807) is 9.80 Å². The molecular weight excluding hydrogens is 206 g/mol. The van der Waals surface area contributed by atoms with Gasteiger partial charge in [0.15, 0.2) is 0 Å². The lowest BCUT2D eigenvalue weighted by molar-refractivity contribution is -0.138. The average Bonchev–Trinajstić information content (AvgIpc) is 2.61. The van der Waals surface area contributed by atoms with Crippen LogP contribution in [0.5, 0.6) is 0 Å². The SMILES string of the molecule is CCN(CC)C(=O)CN1CC(CN)CC1=O. The highest BCUT2D eigenvalue weighted by molar-refractivity contribution is 5.86. The first-order valence-electron chi connectivity index (χ1n) is 5.87. The molecule has 1 saturated heterocycles. The van der Waals surface area contributed by atoms with Crippen LogP contribution in [0, 0.1) is 5.92 Å². The minimum atomic E-state index is 0.0241. The molecule has 0 saturated carbocycles. The predicted molar refractivity (Wildman–Crippen MR) is 61.7 cm³/mol. The third kappa shape index (κ3) is 2.95. The molecule has 1 heterocycles. The molecule has 1 aliphatic heterocycles. The van der Waals surface area contributed by atoms with Gasteiger partial charge in [-0.1, -0.05) is 0 Å². The summed E-state index contributed by atoms with van der Waals surface area (Å²) >= 11 is 0. The van der Waals surface area contributed by atoms with Crippen LogP contribution in [0.3, 0.4) is 0 Å². The van der Waals surface area contributed by atoms with Gasteiger partial charge < -0.3 is 15.5 Å². The molecule has 1 unspecified atom stereocenters. The van der Waals surface area contributed by atoms with Gasteiger partial charge in [0.05, 0.1) is 6.54 Å². The van der Waals surface area contributed by atoms with Crippen LogP contribution in [0.25, 0.3) is 0 Å². The van der Waals surface area contributed by atoms with E-state index in [1.807, 2.05) is 13.8 Å². The molecule has 2 N–H and O–H groups in total. The van der Waals surface area contributed by atoms with Crippen LogP contribution in [0.15, 0.2) is 0 Å². The fraction of sp³-hybridized carbons (Fsp3) is 0.818. The van der Waals surface area contributed by atoms with Crippen molar-refractivity contribution in [2.24, 2.45) is 11.7 Å². The molecule has 1 atom stereocenters. The Kier molecular flexibility index (Phi) is 4.73. The van der Waals surface area contributed by atoms with Crippen molar-refractivity contribution in [2.75, 3.05) is 32.7 Å². The molecule has 92 valence electrons. The molecule has 0 spiro atoms. The molecule has 0 aromatic rings. The summed E-state index contributed by atoms with van der Waals surface area (Å²) in [7, 11) is 0. The number of carbonyl (C=O) groups excluding carboxylic acids is 2. The van der Waals surface area contributed by atoms with Gasteiger partial charge in [0.1, 0.15) is 0 Å². The van der Waals surface area contributed by atoms with Gasteiger partial charge in [-0.15, -0.1) is 0 Å². The van der Waals surface area contributed by atoms with Gasteiger partial charge in [0.2, 0.25) is 11.8 Å². The van der Waals surface area contributed by atoms with E-state index in [9.17, 15) is 9.59 Å². The maximum absolute atomic E-state index is 11.8. The van der Waals surface area contributed by atoms with Gasteiger partial charge in [-0.3, -0.25) is 9.59 Å². The number of rotatable bonds is 5. The van der Waals surface area contributed by atoms with Crippen molar-refractivity contribution in [3.8, 4) is 0 Å². The summed E-state index contributed by atoms with van der Waals surface area (Å²) in [5, 5.41) is 0. The number of carbonyl (C=O) groups is 2. The van der Waals surface area contributed by atoms with E-state index in [2.05, 4.69) is 0 Å². The fourth-order valence-electron chi connectivity index (χ4n) is 2.00. The second kappa shape index (κ2) is 5.84. The fourth-order valence-corrected chi connectivity index (χ4v) is 2.00. The quantitative estimate of drug-likeness (QED) is 0.699. The number of likely N-dealkylation sites (N-methyl/N-ethyl adjacent to an activating group) is 1. The van der Waals surface area contributed by atoms with Crippen molar-refractivity contribution in [2.45, 2.75) is 20.3 Å². The van der Waals surface area contributed by atoms with Gasteiger partial charge >= 0.3 is 0 Å². The standard InChI is InChI=1S/C11H21N3O2/c1-3-13(4-2)11(16)8-14-7-9(6-12)5-10(14)15/h9H,3-8,12H2,1-2H3. The zero-order chi connectivity index (χ0) is 12.1. The summed E-state index contributed by atoms with van der Waals surface area (Å²) < 4.78 is 0. The minimum absolute atomic E-state index is 0.0241. The summed E-state index contributed by atoms with van der Waals surface area (Å²) in [4.78, 5) is 26.7. The van der Waals surface area contributed by atoms with Crippen molar-refractivity contribution < 1.29 is 9.59 Å². The molecule has 0 aliphatic carbocycles. The van der Waals surface area contributed by atoms with Gasteiger partial charge in [-0.2, -0.15) is 0 Å². The van der Waals surface area contributed by atoms with Crippen molar-refractivity contribution in [3.05, 3.63) is 0 Å². The van der Waals surface area contributed by atoms with Crippen LogP contribution in [0.4, 0.5) is 0 Å². The van der Waals surface area contributed by atoms with E-state index in [1.165, 1.54) is 0 Å². The minimum Gasteiger partial charge on any atom is -0.342 e. The Balaban J connectivity index is 2.48. The molecule has 0 aromatic carbocycles. The average molecular weight is 227 g/mol. The highest BCUT2D eigenvalue weighted by atomic mass is 16.2. The lowest BCUT2D eigenvalue weighted by Crippen LogP contribution is -2.41. The number of likely N-dealkylation sites (tertiary alicyclic amines) is 1. The first-order chi connectivity index (χ1) is 7.62. The lowest BCUT2D eigenvalue weighted by Gasteiger charge is -2.23. The second-order valence-electron chi connectivity index (χ2n) is 4.15. The maximum atomic E-state index is 11.8. The molecule has 5 heteroatoms. The monoisotopic (exact) mass is 227 g/mol. The van der Waals surface area contributed by atoms with E-state index in [4.69, 9.17) is 5.73 Å². The largest absolute Gasteiger partial charge is 0.342 e. The van der Waals surface area contributed by atoms with Crippen LogP contribution in [-0.4, -0.2) is 54.3 Å². The van der Waals surface area contributed by atoms with Gasteiger partial charge in [-0.05, 0) is 26.3 Å². The van der Waals surface area contributed by atoms with Gasteiger partial charge in [0, 0.05) is 26.1 Å². The van der Waals surface area contributed by atoms with Gasteiger partial charge in [-0.25, -0.2) is 0 Å². The maximum Gasteiger partial charge on any atom is 0.242 e. The van der Waals surface area contributed by atoms with E-state index >= 15 is 0 Å². The molecule has 16 heavy (non-hydrogen) atoms. The van der Waals surface area contributed by atoms with Crippen LogP contribution in [-0.2, 0) is 9.59 Å². The van der Waals surface area contributed by atoms with E-state index < -0.39 is 0 Å². The van der Waals surface area contributed by atoms with Crippen LogP contribution >= 0.6 is 0 Å². The highest BCUT2D eigenvalue weighted by Gasteiger charge is 2.30. The summed E-state index contributed by atoms with van der Waals surface area (Å²) in [6, 6.07) is 0. The third-order valence-electron chi connectivity index (χ3n) is 3.07. The molecule has 2 amide bonds. The third-order valence-corrected chi connectivity index (χ3v) is 3.07. The number of amides is 2. The zero-order valence-corrected chi connectivity index (χ0v) is 10.1. The highest BCUT2D eigenvalue weighted by Crippen LogP contribution is 2.16. The Hall–Kier alpha value is -1.10. The molecule has 1 aliphatic rings. The van der Waals surface area contributed by atoms with Crippen LogP contribution < -0.4 is 5.73 Å². The Morgan fingerprint density at radius 2 is 2.12 bits per heavy atom. The number of nitrogens with zero attached hydrogens (tertiary/aromatic N) is 2. The molecule has 1 fully saturated rings. The number of nitrogens with two attached hydrogens (primary N) is 1. The summed E-state index contributed by atoms with van der Waals surface area (Å²) in [5.41, 5.74) is 5.53. The summed E-state index contributed by atoms with van der Waals surface area (Å²) in [6.45, 7) is 6.61. The molecule has 0 aromatic heterocycles. The van der Waals surface area contributed by atoms with Crippen molar-refractivity contribution in [1.29, 1.82) is 0 Å². The van der Waals surface area contributed by atoms with Crippen molar-refractivity contribution in [3.63, 3.8) is 0 Å². The van der Waals surface area contributed by atoms with Crippen LogP contribution in [0.1, 0.15) is 20.3 Å². The number of hydrogen-bond acceptors (Lipinski definition) is 3. The summed E-state index contributed by atoms with van der Waals surface area (Å²) in [6.07, 6.45) is 0.488. The smallest absolute Gasteiger partial charge is 0.242 e. The van der Waals surface area contributed by atoms with E-state index in [0.717, 1.165) is 0 Å². The van der Waals surface area contributed by atoms with Crippen molar-refractivity contribution in [1.82, 2.24) is 9.80 Å². The normalized spacial score (nSPS) is 20.3. The van der Waals surface area contributed by atoms with Gasteiger partial charge in [0.25, 0.3) is 0 Å². The molecule has 5 nitrogen and oxygen atoms in total. The molecule has 0 bridgehead atoms. The lowest BCUT2D eigenvalue weighted by atomic mass is 10.1. The Labute approximate surface area is 96.6 Å². The van der Waals surface area contributed by atoms with E-state index in [-0.39, 0.29) is 24.3 Å². The first kappa shape index (κ1) is 13.0. The topological polar surface area (TPSA) is 66.6 Å². The Bertz CT molecular complexity index is 264. The van der Waals surface area contributed by atoms with Crippen molar-refractivity contribution >= 4 is 11.8 Å². The number of hydrogen-bond donors (Lipinski definition) is 1. The van der Waals surface area contributed by atoms with Crippen LogP contribution in [0.2, 0.25) is 0 Å².